The normalized spacial score (nSPS) is 15.0. The van der Waals surface area contributed by atoms with Gasteiger partial charge in [0.1, 0.15) is 0 Å². The van der Waals surface area contributed by atoms with Gasteiger partial charge in [-0.15, -0.1) is 0 Å². The molecular formula is C18H20O. The van der Waals surface area contributed by atoms with E-state index in [4.69, 9.17) is 0 Å². The van der Waals surface area contributed by atoms with Crippen molar-refractivity contribution in [1.82, 2.24) is 0 Å². The summed E-state index contributed by atoms with van der Waals surface area (Å²) < 4.78 is 0. The molecule has 0 saturated carbocycles. The average molecular weight is 252 g/mol. The molecule has 19 heavy (non-hydrogen) atoms. The number of hydrogen-bond donors (Lipinski definition) is 1. The van der Waals surface area contributed by atoms with E-state index in [0.29, 0.717) is 0 Å². The summed E-state index contributed by atoms with van der Waals surface area (Å²) in [5.74, 6) is 0.00796. The third-order valence-corrected chi connectivity index (χ3v) is 3.56. The number of hydrogen-bond acceptors (Lipinski definition) is 1. The molecule has 0 aliphatic carbocycles. The Morgan fingerprint density at radius 3 is 1.84 bits per heavy atom. The van der Waals surface area contributed by atoms with Crippen molar-refractivity contribution in [2.75, 3.05) is 0 Å². The largest absolute Gasteiger partial charge is 0.387 e. The van der Waals surface area contributed by atoms with Gasteiger partial charge in [-0.2, -0.15) is 0 Å². The summed E-state index contributed by atoms with van der Waals surface area (Å²) in [6.07, 6.45) is 1.56. The molecular weight excluding hydrogens is 232 g/mol. The number of aliphatic hydroxyl groups excluding tert-OH is 1. The molecule has 0 aliphatic rings. The lowest BCUT2D eigenvalue weighted by molar-refractivity contribution is 0.157. The zero-order chi connectivity index (χ0) is 13.7. The van der Waals surface area contributed by atoms with E-state index in [1.165, 1.54) is 5.57 Å². The summed E-state index contributed by atoms with van der Waals surface area (Å²) in [5.41, 5.74) is 3.29. The molecule has 0 unspecified atom stereocenters. The minimum absolute atomic E-state index is 0.00796. The van der Waals surface area contributed by atoms with Crippen molar-refractivity contribution in [3.8, 4) is 0 Å². The second-order valence-electron chi connectivity index (χ2n) is 4.78. The zero-order valence-corrected chi connectivity index (χ0v) is 11.5. The fourth-order valence-corrected chi connectivity index (χ4v) is 2.38. The van der Waals surface area contributed by atoms with Crippen LogP contribution in [0.25, 0.3) is 0 Å². The fraction of sp³-hybridized carbons (Fsp3) is 0.222. The van der Waals surface area contributed by atoms with Crippen LogP contribution in [0, 0.1) is 0 Å². The Morgan fingerprint density at radius 2 is 1.37 bits per heavy atom. The van der Waals surface area contributed by atoms with Crippen molar-refractivity contribution in [1.29, 1.82) is 0 Å². The van der Waals surface area contributed by atoms with Gasteiger partial charge in [-0.1, -0.05) is 72.3 Å². The first-order valence-corrected chi connectivity index (χ1v) is 6.64. The highest BCUT2D eigenvalue weighted by atomic mass is 16.3. The van der Waals surface area contributed by atoms with Crippen LogP contribution in [0.2, 0.25) is 0 Å². The van der Waals surface area contributed by atoms with Crippen molar-refractivity contribution in [2.24, 2.45) is 0 Å². The summed E-state index contributed by atoms with van der Waals surface area (Å²) in [4.78, 5) is 0. The summed E-state index contributed by atoms with van der Waals surface area (Å²) in [6.45, 7) is 4.09. The Kier molecular flexibility index (Phi) is 4.53. The first kappa shape index (κ1) is 13.6. The molecule has 1 N–H and O–H groups in total. The smallest absolute Gasteiger partial charge is 0.0895 e. The predicted octanol–water partition coefficient (Wildman–Crippen LogP) is 4.47. The maximum atomic E-state index is 10.7. The van der Waals surface area contributed by atoms with E-state index in [1.54, 1.807) is 0 Å². The molecule has 2 aromatic carbocycles. The van der Waals surface area contributed by atoms with E-state index in [-0.39, 0.29) is 5.92 Å². The van der Waals surface area contributed by atoms with Gasteiger partial charge in [0, 0.05) is 5.92 Å². The molecule has 0 bridgehead atoms. The van der Waals surface area contributed by atoms with E-state index in [1.807, 2.05) is 55.5 Å². The van der Waals surface area contributed by atoms with E-state index < -0.39 is 6.10 Å². The van der Waals surface area contributed by atoms with Gasteiger partial charge in [0.15, 0.2) is 0 Å². The Morgan fingerprint density at radius 1 is 0.895 bits per heavy atom. The Balaban J connectivity index is 2.40. The number of aliphatic hydroxyl groups is 1. The third kappa shape index (κ3) is 3.12. The van der Waals surface area contributed by atoms with Gasteiger partial charge < -0.3 is 5.11 Å². The second kappa shape index (κ2) is 6.35. The van der Waals surface area contributed by atoms with Crippen molar-refractivity contribution < 1.29 is 5.11 Å². The third-order valence-electron chi connectivity index (χ3n) is 3.56. The van der Waals surface area contributed by atoms with E-state index >= 15 is 0 Å². The molecule has 2 aromatic rings. The first-order chi connectivity index (χ1) is 9.24. The molecule has 0 fully saturated rings. The van der Waals surface area contributed by atoms with Gasteiger partial charge in [0.05, 0.1) is 6.10 Å². The molecule has 0 aliphatic heterocycles. The van der Waals surface area contributed by atoms with E-state index in [2.05, 4.69) is 25.1 Å². The Hall–Kier alpha value is -1.86. The quantitative estimate of drug-likeness (QED) is 0.796. The second-order valence-corrected chi connectivity index (χ2v) is 4.78. The lowest BCUT2D eigenvalue weighted by Crippen LogP contribution is -2.12. The van der Waals surface area contributed by atoms with Crippen LogP contribution in [0.15, 0.2) is 72.3 Å². The molecule has 1 heteroatoms. The highest BCUT2D eigenvalue weighted by Gasteiger charge is 2.23. The van der Waals surface area contributed by atoms with Crippen LogP contribution < -0.4 is 0 Å². The average Bonchev–Trinajstić information content (AvgIpc) is 2.49. The van der Waals surface area contributed by atoms with E-state index in [9.17, 15) is 5.11 Å². The molecule has 0 heterocycles. The van der Waals surface area contributed by atoms with Gasteiger partial charge in [0.2, 0.25) is 0 Å². The van der Waals surface area contributed by atoms with E-state index in [0.717, 1.165) is 11.1 Å². The van der Waals surface area contributed by atoms with Crippen LogP contribution in [0.1, 0.15) is 37.0 Å². The zero-order valence-electron chi connectivity index (χ0n) is 11.5. The first-order valence-electron chi connectivity index (χ1n) is 6.64. The van der Waals surface area contributed by atoms with Gasteiger partial charge in [-0.3, -0.25) is 0 Å². The van der Waals surface area contributed by atoms with Crippen LogP contribution in [-0.4, -0.2) is 5.11 Å². The molecule has 0 saturated heterocycles. The highest BCUT2D eigenvalue weighted by Crippen LogP contribution is 2.36. The highest BCUT2D eigenvalue weighted by molar-refractivity contribution is 5.33. The fourth-order valence-electron chi connectivity index (χ4n) is 2.38. The molecule has 0 spiro atoms. The lowest BCUT2D eigenvalue weighted by atomic mass is 9.84. The molecule has 0 radical (unpaired) electrons. The van der Waals surface area contributed by atoms with Crippen LogP contribution in [0.3, 0.4) is 0 Å². The van der Waals surface area contributed by atoms with Crippen molar-refractivity contribution in [3.05, 3.63) is 83.4 Å². The molecule has 0 aromatic heterocycles. The van der Waals surface area contributed by atoms with Gasteiger partial charge >= 0.3 is 0 Å². The van der Waals surface area contributed by atoms with Crippen LogP contribution >= 0.6 is 0 Å². The predicted molar refractivity (Wildman–Crippen MR) is 80.0 cm³/mol. The van der Waals surface area contributed by atoms with Crippen molar-refractivity contribution in [3.63, 3.8) is 0 Å². The van der Waals surface area contributed by atoms with Crippen molar-refractivity contribution >= 4 is 0 Å². The molecule has 2 rings (SSSR count). The lowest BCUT2D eigenvalue weighted by Gasteiger charge is -2.24. The van der Waals surface area contributed by atoms with Crippen LogP contribution in [0.5, 0.6) is 0 Å². The summed E-state index contributed by atoms with van der Waals surface area (Å²) >= 11 is 0. The molecule has 1 nitrogen and oxygen atoms in total. The summed E-state index contributed by atoms with van der Waals surface area (Å²) in [6, 6.07) is 20.0. The molecule has 0 amide bonds. The SMILES string of the molecule is C/C=C(/C)[C@H](c1ccccc1)[C@H](O)c1ccccc1. The minimum Gasteiger partial charge on any atom is -0.387 e. The maximum absolute atomic E-state index is 10.7. The summed E-state index contributed by atoms with van der Waals surface area (Å²) in [7, 11) is 0. The number of benzene rings is 2. The minimum atomic E-state index is -0.514. The Labute approximate surface area is 115 Å². The molecule has 98 valence electrons. The standard InChI is InChI=1S/C18H20O/c1-3-14(2)17(15-10-6-4-7-11-15)18(19)16-12-8-5-9-13-16/h3-13,17-19H,1-2H3/b14-3-/t17-,18-/m1/s1. The van der Waals surface area contributed by atoms with Crippen molar-refractivity contribution in [2.45, 2.75) is 25.9 Å². The van der Waals surface area contributed by atoms with Crippen LogP contribution in [-0.2, 0) is 0 Å². The summed E-state index contributed by atoms with van der Waals surface area (Å²) in [5, 5.41) is 10.7. The monoisotopic (exact) mass is 252 g/mol. The molecule has 2 atom stereocenters. The number of rotatable bonds is 4. The van der Waals surface area contributed by atoms with Gasteiger partial charge in [0.25, 0.3) is 0 Å². The van der Waals surface area contributed by atoms with Gasteiger partial charge in [-0.05, 0) is 25.0 Å². The Bertz CT molecular complexity index is 528. The van der Waals surface area contributed by atoms with Crippen LogP contribution in [0.4, 0.5) is 0 Å². The topological polar surface area (TPSA) is 20.2 Å². The maximum Gasteiger partial charge on any atom is 0.0895 e. The van der Waals surface area contributed by atoms with Gasteiger partial charge in [-0.25, -0.2) is 0 Å². The number of allylic oxidation sites excluding steroid dienone is 1.